The number of nitrogens with one attached hydrogen (secondary N) is 1. The topological polar surface area (TPSA) is 70.6 Å². The largest absolute Gasteiger partial charge is 0.378 e. The second kappa shape index (κ2) is 8.56. The Kier molecular flexibility index (Phi) is 5.71. The number of amides is 1. The van der Waals surface area contributed by atoms with Gasteiger partial charge in [0.25, 0.3) is 0 Å². The number of aryl methyl sites for hydroxylation is 1. The van der Waals surface area contributed by atoms with Gasteiger partial charge in [-0.15, -0.1) is 0 Å². The van der Waals surface area contributed by atoms with Crippen LogP contribution < -0.4 is 10.2 Å². The first kappa shape index (κ1) is 18.7. The molecule has 1 atom stereocenters. The van der Waals surface area contributed by atoms with Crippen LogP contribution in [-0.4, -0.2) is 60.2 Å². The predicted molar refractivity (Wildman–Crippen MR) is 109 cm³/mol. The molecule has 4 rings (SSSR count). The summed E-state index contributed by atoms with van der Waals surface area (Å²) in [5.41, 5.74) is 2.22. The molecule has 1 amide bonds. The molecule has 0 spiro atoms. The molecule has 1 unspecified atom stereocenters. The van der Waals surface area contributed by atoms with Crippen molar-refractivity contribution in [3.8, 4) is 0 Å². The lowest BCUT2D eigenvalue weighted by Crippen LogP contribution is -2.48. The Balaban J connectivity index is 1.43. The number of morpholine rings is 1. The van der Waals surface area contributed by atoms with Crippen molar-refractivity contribution < 1.29 is 9.53 Å². The summed E-state index contributed by atoms with van der Waals surface area (Å²) in [7, 11) is 0. The van der Waals surface area contributed by atoms with Crippen LogP contribution in [0.2, 0.25) is 0 Å². The van der Waals surface area contributed by atoms with E-state index < -0.39 is 0 Å². The quantitative estimate of drug-likeness (QED) is 0.878. The molecule has 2 aliphatic heterocycles. The monoisotopic (exact) mass is 381 g/mol. The summed E-state index contributed by atoms with van der Waals surface area (Å²) in [5.74, 6) is 1.68. The maximum atomic E-state index is 12.9. The lowest BCUT2D eigenvalue weighted by Gasteiger charge is -2.36. The first-order valence-electron chi connectivity index (χ1n) is 9.97. The van der Waals surface area contributed by atoms with Gasteiger partial charge in [0.1, 0.15) is 5.82 Å². The fourth-order valence-electron chi connectivity index (χ4n) is 3.76. The maximum absolute atomic E-state index is 12.9. The van der Waals surface area contributed by atoms with E-state index in [4.69, 9.17) is 4.74 Å². The summed E-state index contributed by atoms with van der Waals surface area (Å²) in [4.78, 5) is 26.1. The van der Waals surface area contributed by atoms with Gasteiger partial charge in [0.05, 0.1) is 19.1 Å². The van der Waals surface area contributed by atoms with Gasteiger partial charge in [-0.2, -0.15) is 4.98 Å². The van der Waals surface area contributed by atoms with E-state index in [0.29, 0.717) is 38.8 Å². The molecule has 0 aliphatic carbocycles. The third kappa shape index (κ3) is 4.42. The number of piperidine rings is 1. The highest BCUT2D eigenvalue weighted by molar-refractivity contribution is 5.79. The Morgan fingerprint density at radius 2 is 1.93 bits per heavy atom. The SMILES string of the molecule is Cc1ccc(Nc2ccnc(N3CCCC(C(=O)N4CCOCC4)C3)n2)cc1. The normalized spacial score (nSPS) is 20.1. The van der Waals surface area contributed by atoms with E-state index in [1.54, 1.807) is 6.20 Å². The summed E-state index contributed by atoms with van der Waals surface area (Å²) < 4.78 is 5.36. The lowest BCUT2D eigenvalue weighted by atomic mass is 9.96. The Bertz CT molecular complexity index is 805. The number of aromatic nitrogens is 2. The number of anilines is 3. The summed E-state index contributed by atoms with van der Waals surface area (Å²) in [6.45, 7) is 6.28. The molecule has 1 aromatic carbocycles. The molecule has 28 heavy (non-hydrogen) atoms. The van der Waals surface area contributed by atoms with Crippen LogP contribution in [0.3, 0.4) is 0 Å². The van der Waals surface area contributed by atoms with E-state index in [2.05, 4.69) is 39.2 Å². The first-order chi connectivity index (χ1) is 13.7. The Morgan fingerprint density at radius 3 is 2.71 bits per heavy atom. The number of carbonyl (C=O) groups is 1. The highest BCUT2D eigenvalue weighted by Gasteiger charge is 2.31. The van der Waals surface area contributed by atoms with Crippen molar-refractivity contribution in [3.63, 3.8) is 0 Å². The van der Waals surface area contributed by atoms with E-state index in [9.17, 15) is 4.79 Å². The highest BCUT2D eigenvalue weighted by atomic mass is 16.5. The van der Waals surface area contributed by atoms with Gasteiger partial charge in [0.15, 0.2) is 0 Å². The molecule has 2 saturated heterocycles. The third-order valence-corrected chi connectivity index (χ3v) is 5.34. The van der Waals surface area contributed by atoms with Gasteiger partial charge in [-0.3, -0.25) is 4.79 Å². The molecule has 2 aliphatic rings. The molecule has 1 aromatic heterocycles. The fourth-order valence-corrected chi connectivity index (χ4v) is 3.76. The average molecular weight is 381 g/mol. The average Bonchev–Trinajstić information content (AvgIpc) is 2.76. The van der Waals surface area contributed by atoms with Gasteiger partial charge < -0.3 is 19.9 Å². The molecular formula is C21H27N5O2. The van der Waals surface area contributed by atoms with Crippen molar-refractivity contribution in [3.05, 3.63) is 42.1 Å². The minimum Gasteiger partial charge on any atom is -0.378 e. The van der Waals surface area contributed by atoms with Crippen LogP contribution in [-0.2, 0) is 9.53 Å². The van der Waals surface area contributed by atoms with Crippen LogP contribution in [0, 0.1) is 12.8 Å². The number of rotatable bonds is 4. The summed E-state index contributed by atoms with van der Waals surface area (Å²) in [6.07, 6.45) is 3.67. The molecule has 148 valence electrons. The molecule has 7 nitrogen and oxygen atoms in total. The van der Waals surface area contributed by atoms with Crippen LogP contribution in [0.1, 0.15) is 18.4 Å². The van der Waals surface area contributed by atoms with E-state index in [1.165, 1.54) is 5.56 Å². The fraction of sp³-hybridized carbons (Fsp3) is 0.476. The molecule has 7 heteroatoms. The number of nitrogens with zero attached hydrogens (tertiary/aromatic N) is 4. The molecule has 0 radical (unpaired) electrons. The zero-order valence-corrected chi connectivity index (χ0v) is 16.3. The molecule has 0 saturated carbocycles. The van der Waals surface area contributed by atoms with E-state index in [0.717, 1.165) is 30.9 Å². The Labute approximate surface area is 165 Å². The molecule has 3 heterocycles. The summed E-state index contributed by atoms with van der Waals surface area (Å²) >= 11 is 0. The summed E-state index contributed by atoms with van der Waals surface area (Å²) in [6, 6.07) is 10.1. The second-order valence-electron chi connectivity index (χ2n) is 7.46. The molecule has 2 aromatic rings. The van der Waals surface area contributed by atoms with Crippen LogP contribution in [0.15, 0.2) is 36.5 Å². The van der Waals surface area contributed by atoms with Crippen molar-refractivity contribution in [2.75, 3.05) is 49.6 Å². The zero-order chi connectivity index (χ0) is 19.3. The summed E-state index contributed by atoms with van der Waals surface area (Å²) in [5, 5.41) is 3.33. The van der Waals surface area contributed by atoms with Crippen LogP contribution in [0.25, 0.3) is 0 Å². The number of hydrogen-bond acceptors (Lipinski definition) is 6. The molecule has 2 fully saturated rings. The van der Waals surface area contributed by atoms with Gasteiger partial charge in [-0.1, -0.05) is 17.7 Å². The minimum atomic E-state index is 0.00386. The van der Waals surface area contributed by atoms with E-state index in [1.807, 2.05) is 23.1 Å². The van der Waals surface area contributed by atoms with E-state index in [-0.39, 0.29) is 11.8 Å². The smallest absolute Gasteiger partial charge is 0.227 e. The second-order valence-corrected chi connectivity index (χ2v) is 7.46. The maximum Gasteiger partial charge on any atom is 0.227 e. The number of carbonyl (C=O) groups excluding carboxylic acids is 1. The predicted octanol–water partition coefficient (Wildman–Crippen LogP) is 2.60. The standard InChI is InChI=1S/C21H27N5O2/c1-16-4-6-18(7-5-16)23-19-8-9-22-21(24-19)26-10-2-3-17(15-26)20(27)25-11-13-28-14-12-25/h4-9,17H,2-3,10-15H2,1H3,(H,22,23,24). The molecule has 1 N–H and O–H groups in total. The van der Waals surface area contributed by atoms with Gasteiger partial charge >= 0.3 is 0 Å². The third-order valence-electron chi connectivity index (χ3n) is 5.34. The minimum absolute atomic E-state index is 0.00386. The van der Waals surface area contributed by atoms with Crippen molar-refractivity contribution in [1.82, 2.24) is 14.9 Å². The van der Waals surface area contributed by atoms with Crippen molar-refractivity contribution in [2.24, 2.45) is 5.92 Å². The van der Waals surface area contributed by atoms with Gasteiger partial charge in [-0.25, -0.2) is 4.98 Å². The Morgan fingerprint density at radius 1 is 1.14 bits per heavy atom. The van der Waals surface area contributed by atoms with Crippen molar-refractivity contribution in [1.29, 1.82) is 0 Å². The van der Waals surface area contributed by atoms with Crippen molar-refractivity contribution in [2.45, 2.75) is 19.8 Å². The number of ether oxygens (including phenoxy) is 1. The number of hydrogen-bond donors (Lipinski definition) is 1. The van der Waals surface area contributed by atoms with Gasteiger partial charge in [0, 0.05) is 38.1 Å². The van der Waals surface area contributed by atoms with Crippen molar-refractivity contribution >= 4 is 23.4 Å². The van der Waals surface area contributed by atoms with Crippen LogP contribution in [0.4, 0.5) is 17.5 Å². The van der Waals surface area contributed by atoms with Crippen LogP contribution in [0.5, 0.6) is 0 Å². The first-order valence-corrected chi connectivity index (χ1v) is 9.97. The Hall–Kier alpha value is -2.67. The number of benzene rings is 1. The van der Waals surface area contributed by atoms with E-state index >= 15 is 0 Å². The zero-order valence-electron chi connectivity index (χ0n) is 16.3. The lowest BCUT2D eigenvalue weighted by molar-refractivity contribution is -0.139. The molecule has 0 bridgehead atoms. The van der Waals surface area contributed by atoms with Gasteiger partial charge in [0.2, 0.25) is 11.9 Å². The highest BCUT2D eigenvalue weighted by Crippen LogP contribution is 2.24. The molecular weight excluding hydrogens is 354 g/mol. The van der Waals surface area contributed by atoms with Gasteiger partial charge in [-0.05, 0) is 38.0 Å². The van der Waals surface area contributed by atoms with Crippen LogP contribution >= 0.6 is 0 Å².